The second-order valence-electron chi connectivity index (χ2n) is 3.33. The molecule has 6 heteroatoms. The number of nitro groups is 1. The van der Waals surface area contributed by atoms with Crippen molar-refractivity contribution in [2.24, 2.45) is 0 Å². The summed E-state index contributed by atoms with van der Waals surface area (Å²) in [6.07, 6.45) is 0. The van der Waals surface area contributed by atoms with Gasteiger partial charge in [-0.25, -0.2) is 0 Å². The van der Waals surface area contributed by atoms with Gasteiger partial charge in [0.05, 0.1) is 10.5 Å². The van der Waals surface area contributed by atoms with Gasteiger partial charge in [0.25, 0.3) is 10.9 Å². The zero-order valence-electron chi connectivity index (χ0n) is 9.04. The van der Waals surface area contributed by atoms with Crippen LogP contribution in [-0.4, -0.2) is 29.1 Å². The van der Waals surface area contributed by atoms with Crippen molar-refractivity contribution in [1.82, 2.24) is 4.90 Å². The van der Waals surface area contributed by atoms with Crippen LogP contribution in [0.2, 0.25) is 0 Å². The number of nitro benzene ring substituents is 1. The van der Waals surface area contributed by atoms with Gasteiger partial charge in [0.1, 0.15) is 6.61 Å². The van der Waals surface area contributed by atoms with E-state index in [1.165, 1.54) is 6.07 Å². The van der Waals surface area contributed by atoms with Crippen LogP contribution in [0.15, 0.2) is 24.3 Å². The second-order valence-corrected chi connectivity index (χ2v) is 3.68. The number of hydrogen-bond acceptors (Lipinski definition) is 4. The molecule has 0 amide bonds. The second kappa shape index (κ2) is 5.41. The lowest BCUT2D eigenvalue weighted by Crippen LogP contribution is -2.22. The first-order chi connectivity index (χ1) is 7.52. The quantitative estimate of drug-likeness (QED) is 0.459. The predicted molar refractivity (Wildman–Crippen MR) is 64.2 cm³/mol. The fraction of sp³-hybridized carbons (Fsp3) is 0.300. The van der Waals surface area contributed by atoms with E-state index in [-0.39, 0.29) is 12.3 Å². The van der Waals surface area contributed by atoms with Crippen LogP contribution in [0, 0.1) is 10.1 Å². The summed E-state index contributed by atoms with van der Waals surface area (Å²) in [5.41, 5.74) is 0.556. The molecule has 5 nitrogen and oxygen atoms in total. The van der Waals surface area contributed by atoms with Crippen molar-refractivity contribution in [2.75, 3.05) is 14.1 Å². The van der Waals surface area contributed by atoms with E-state index in [1.807, 2.05) is 0 Å². The van der Waals surface area contributed by atoms with E-state index < -0.39 is 4.92 Å². The third-order valence-electron chi connectivity index (χ3n) is 1.90. The minimum Gasteiger partial charge on any atom is -0.466 e. The van der Waals surface area contributed by atoms with E-state index >= 15 is 0 Å². The zero-order valence-corrected chi connectivity index (χ0v) is 9.86. The Bertz CT molecular complexity index is 407. The van der Waals surface area contributed by atoms with Crippen LogP contribution in [0.5, 0.6) is 0 Å². The van der Waals surface area contributed by atoms with Crippen LogP contribution in [0.1, 0.15) is 5.56 Å². The lowest BCUT2D eigenvalue weighted by atomic mass is 10.2. The van der Waals surface area contributed by atoms with Crippen LogP contribution in [0.25, 0.3) is 0 Å². The summed E-state index contributed by atoms with van der Waals surface area (Å²) in [7, 11) is 3.50. The molecule has 0 aliphatic rings. The molecule has 0 radical (unpaired) electrons. The van der Waals surface area contributed by atoms with Crippen molar-refractivity contribution < 1.29 is 9.66 Å². The predicted octanol–water partition coefficient (Wildman–Crippen LogP) is 1.96. The monoisotopic (exact) mass is 240 g/mol. The van der Waals surface area contributed by atoms with E-state index in [1.54, 1.807) is 37.2 Å². The van der Waals surface area contributed by atoms with Gasteiger partial charge in [-0.3, -0.25) is 10.1 Å². The van der Waals surface area contributed by atoms with Gasteiger partial charge in [-0.2, -0.15) is 0 Å². The minimum atomic E-state index is -0.433. The van der Waals surface area contributed by atoms with Crippen molar-refractivity contribution in [2.45, 2.75) is 6.61 Å². The number of rotatable bonds is 3. The maximum atomic E-state index is 10.7. The molecule has 0 spiro atoms. The standard InChI is InChI=1S/C10H12N2O3S/c1-11(2)10(16)15-7-8-5-3-4-6-9(8)12(13)14/h3-6H,7H2,1-2H3. The first kappa shape index (κ1) is 12.4. The fourth-order valence-corrected chi connectivity index (χ4v) is 1.14. The molecule has 16 heavy (non-hydrogen) atoms. The Labute approximate surface area is 98.8 Å². The Kier molecular flexibility index (Phi) is 4.19. The highest BCUT2D eigenvalue weighted by molar-refractivity contribution is 7.79. The SMILES string of the molecule is CN(C)C(=S)OCc1ccccc1[N+](=O)[O-]. The molecule has 1 aromatic rings. The fourth-order valence-electron chi connectivity index (χ4n) is 1.08. The van der Waals surface area contributed by atoms with E-state index in [0.29, 0.717) is 10.7 Å². The third kappa shape index (κ3) is 3.16. The number of hydrogen-bond donors (Lipinski definition) is 0. The topological polar surface area (TPSA) is 55.6 Å². The average Bonchev–Trinajstić information content (AvgIpc) is 2.25. The number of nitrogens with zero attached hydrogens (tertiary/aromatic N) is 2. The molecule has 0 bridgehead atoms. The zero-order chi connectivity index (χ0) is 12.1. The summed E-state index contributed by atoms with van der Waals surface area (Å²) in [5, 5.41) is 11.0. The van der Waals surface area contributed by atoms with Crippen molar-refractivity contribution in [3.8, 4) is 0 Å². The molecule has 0 fully saturated rings. The molecule has 1 rings (SSSR count). The highest BCUT2D eigenvalue weighted by atomic mass is 32.1. The van der Waals surface area contributed by atoms with Crippen molar-refractivity contribution in [3.63, 3.8) is 0 Å². The third-order valence-corrected chi connectivity index (χ3v) is 2.39. The summed E-state index contributed by atoms with van der Waals surface area (Å²) in [6, 6.07) is 6.43. The Balaban J connectivity index is 2.74. The minimum absolute atomic E-state index is 0.0454. The molecule has 0 N–H and O–H groups in total. The van der Waals surface area contributed by atoms with Crippen LogP contribution >= 0.6 is 12.2 Å². The molecular weight excluding hydrogens is 228 g/mol. The van der Waals surface area contributed by atoms with E-state index in [4.69, 9.17) is 17.0 Å². The van der Waals surface area contributed by atoms with Gasteiger partial charge in [-0.05, 0) is 18.3 Å². The van der Waals surface area contributed by atoms with E-state index in [0.717, 1.165) is 0 Å². The maximum Gasteiger partial charge on any atom is 0.276 e. The number of para-hydroxylation sites is 1. The van der Waals surface area contributed by atoms with Gasteiger partial charge < -0.3 is 9.64 Å². The number of benzene rings is 1. The van der Waals surface area contributed by atoms with Crippen LogP contribution in [0.3, 0.4) is 0 Å². The lowest BCUT2D eigenvalue weighted by Gasteiger charge is -2.14. The molecule has 0 saturated heterocycles. The van der Waals surface area contributed by atoms with Gasteiger partial charge in [0.15, 0.2) is 0 Å². The highest BCUT2D eigenvalue weighted by Gasteiger charge is 2.13. The lowest BCUT2D eigenvalue weighted by molar-refractivity contribution is -0.385. The molecule has 0 atom stereocenters. The molecule has 0 heterocycles. The van der Waals surface area contributed by atoms with Crippen LogP contribution in [0.4, 0.5) is 5.69 Å². The van der Waals surface area contributed by atoms with Crippen molar-refractivity contribution in [1.29, 1.82) is 0 Å². The summed E-state index contributed by atoms with van der Waals surface area (Å²) >= 11 is 4.92. The normalized spacial score (nSPS) is 9.62. The molecule has 0 saturated carbocycles. The Morgan fingerprint density at radius 3 is 2.69 bits per heavy atom. The summed E-state index contributed by atoms with van der Waals surface area (Å²) in [4.78, 5) is 11.9. The van der Waals surface area contributed by atoms with Gasteiger partial charge in [-0.1, -0.05) is 12.1 Å². The number of ether oxygens (including phenoxy) is 1. The van der Waals surface area contributed by atoms with E-state index in [9.17, 15) is 10.1 Å². The maximum absolute atomic E-state index is 10.7. The molecule has 0 aromatic heterocycles. The summed E-state index contributed by atoms with van der Waals surface area (Å²) in [5.74, 6) is 0. The van der Waals surface area contributed by atoms with Gasteiger partial charge in [0, 0.05) is 20.2 Å². The van der Waals surface area contributed by atoms with Gasteiger partial charge in [0.2, 0.25) is 0 Å². The Morgan fingerprint density at radius 1 is 1.50 bits per heavy atom. The van der Waals surface area contributed by atoms with Crippen molar-refractivity contribution in [3.05, 3.63) is 39.9 Å². The first-order valence-corrected chi connectivity index (χ1v) is 4.99. The molecule has 86 valence electrons. The molecule has 0 aliphatic carbocycles. The highest BCUT2D eigenvalue weighted by Crippen LogP contribution is 2.18. The first-order valence-electron chi connectivity index (χ1n) is 4.58. The Hall–Kier alpha value is -1.69. The molecule has 0 unspecified atom stereocenters. The smallest absolute Gasteiger partial charge is 0.276 e. The van der Waals surface area contributed by atoms with Crippen LogP contribution in [-0.2, 0) is 11.3 Å². The summed E-state index contributed by atoms with van der Waals surface area (Å²) < 4.78 is 5.23. The largest absolute Gasteiger partial charge is 0.466 e. The van der Waals surface area contributed by atoms with Crippen LogP contribution < -0.4 is 0 Å². The van der Waals surface area contributed by atoms with Crippen molar-refractivity contribution >= 4 is 23.1 Å². The number of thiocarbonyl (C=S) groups is 1. The molecule has 0 aliphatic heterocycles. The van der Waals surface area contributed by atoms with E-state index in [2.05, 4.69) is 0 Å². The van der Waals surface area contributed by atoms with Gasteiger partial charge >= 0.3 is 0 Å². The average molecular weight is 240 g/mol. The summed E-state index contributed by atoms with van der Waals surface area (Å²) in [6.45, 7) is 0.105. The molecule has 1 aromatic carbocycles. The molecular formula is C10H12N2O3S. The van der Waals surface area contributed by atoms with Gasteiger partial charge in [-0.15, -0.1) is 0 Å². The Morgan fingerprint density at radius 2 is 2.12 bits per heavy atom.